The second kappa shape index (κ2) is 6.01. The predicted molar refractivity (Wildman–Crippen MR) is 104 cm³/mol. The Bertz CT molecular complexity index is 1000. The van der Waals surface area contributed by atoms with Gasteiger partial charge in [0.05, 0.1) is 5.41 Å². The summed E-state index contributed by atoms with van der Waals surface area (Å²) in [6.07, 6.45) is 0.347. The van der Waals surface area contributed by atoms with Gasteiger partial charge in [-0.05, 0) is 55.8 Å². The number of ketones is 2. The quantitative estimate of drug-likeness (QED) is 0.287. The Balaban J connectivity index is 1.95. The van der Waals surface area contributed by atoms with Crippen LogP contribution in [0.4, 0.5) is 0 Å². The van der Waals surface area contributed by atoms with E-state index in [0.29, 0.717) is 28.3 Å². The molecule has 0 saturated heterocycles. The van der Waals surface area contributed by atoms with Crippen LogP contribution in [-0.2, 0) is 9.59 Å². The third kappa shape index (κ3) is 2.18. The van der Waals surface area contributed by atoms with E-state index in [0.717, 1.165) is 4.47 Å². The van der Waals surface area contributed by atoms with Crippen LogP contribution >= 0.6 is 27.5 Å². The van der Waals surface area contributed by atoms with Crippen LogP contribution in [0.5, 0.6) is 5.75 Å². The van der Waals surface area contributed by atoms with E-state index in [-0.39, 0.29) is 11.6 Å². The molecule has 0 bridgehead atoms. The van der Waals surface area contributed by atoms with Crippen LogP contribution in [0, 0.1) is 10.8 Å². The molecule has 0 spiro atoms. The first-order valence-corrected chi connectivity index (χ1v) is 9.81. The van der Waals surface area contributed by atoms with E-state index in [4.69, 9.17) is 16.3 Å². The molecule has 1 fully saturated rings. The second-order valence-corrected chi connectivity index (χ2v) is 8.38. The average Bonchev–Trinajstić information content (AvgIpc) is 3.29. The molecule has 0 radical (unpaired) electrons. The number of fused-ring (bicyclic) bond motifs is 3. The molecule has 2 aromatic carbocycles. The molecule has 4 rings (SSSR count). The molecule has 2 aliphatic rings. The van der Waals surface area contributed by atoms with Gasteiger partial charge in [0, 0.05) is 26.5 Å². The summed E-state index contributed by atoms with van der Waals surface area (Å²) in [5.41, 5.74) is -1.49. The Morgan fingerprint density at radius 2 is 1.85 bits per heavy atom. The summed E-state index contributed by atoms with van der Waals surface area (Å²) in [6, 6.07) is 11.8. The molecule has 1 heterocycles. The van der Waals surface area contributed by atoms with Crippen LogP contribution in [0.3, 0.4) is 0 Å². The van der Waals surface area contributed by atoms with E-state index in [2.05, 4.69) is 15.9 Å². The van der Waals surface area contributed by atoms with E-state index in [9.17, 15) is 14.4 Å². The van der Waals surface area contributed by atoms with Crippen LogP contribution in [-0.4, -0.2) is 17.5 Å². The van der Waals surface area contributed by atoms with Gasteiger partial charge in [-0.2, -0.15) is 0 Å². The predicted octanol–water partition coefficient (Wildman–Crippen LogP) is 4.97. The van der Waals surface area contributed by atoms with Gasteiger partial charge >= 0.3 is 5.97 Å². The van der Waals surface area contributed by atoms with Crippen molar-refractivity contribution in [1.29, 1.82) is 0 Å². The van der Waals surface area contributed by atoms with Crippen molar-refractivity contribution in [3.05, 3.63) is 63.1 Å². The Kier molecular flexibility index (Phi) is 4.09. The third-order valence-corrected chi connectivity index (χ3v) is 6.72. The zero-order chi connectivity index (χ0) is 19.6. The lowest BCUT2D eigenvalue weighted by Crippen LogP contribution is -2.38. The first-order chi connectivity index (χ1) is 12.8. The molecule has 4 nitrogen and oxygen atoms in total. The van der Waals surface area contributed by atoms with Gasteiger partial charge < -0.3 is 4.74 Å². The monoisotopic (exact) mass is 446 g/mol. The minimum absolute atomic E-state index is 0.230. The summed E-state index contributed by atoms with van der Waals surface area (Å²) in [7, 11) is 0. The summed E-state index contributed by atoms with van der Waals surface area (Å²) < 4.78 is 6.31. The number of rotatable bonds is 4. The smallest absolute Gasteiger partial charge is 0.326 e. The maximum atomic E-state index is 13.6. The minimum Gasteiger partial charge on any atom is -0.425 e. The van der Waals surface area contributed by atoms with E-state index in [1.807, 2.05) is 13.0 Å². The fourth-order valence-corrected chi connectivity index (χ4v) is 5.33. The van der Waals surface area contributed by atoms with Gasteiger partial charge in [0.1, 0.15) is 16.9 Å². The number of hydrogen-bond acceptors (Lipinski definition) is 4. The lowest BCUT2D eigenvalue weighted by atomic mass is 9.81. The maximum absolute atomic E-state index is 13.6. The number of halogens is 2. The number of ether oxygens (including phenoxy) is 1. The van der Waals surface area contributed by atoms with Gasteiger partial charge in [0.15, 0.2) is 5.78 Å². The molecule has 1 aliphatic heterocycles. The number of carbonyl (C=O) groups is 3. The largest absolute Gasteiger partial charge is 0.425 e. The summed E-state index contributed by atoms with van der Waals surface area (Å²) >= 11 is 9.37. The van der Waals surface area contributed by atoms with Crippen molar-refractivity contribution < 1.29 is 19.1 Å². The highest BCUT2D eigenvalue weighted by molar-refractivity contribution is 9.10. The Morgan fingerprint density at radius 3 is 2.44 bits per heavy atom. The van der Waals surface area contributed by atoms with Crippen molar-refractivity contribution in [3.63, 3.8) is 0 Å². The van der Waals surface area contributed by atoms with Gasteiger partial charge in [-0.3, -0.25) is 14.4 Å². The Morgan fingerprint density at radius 1 is 1.19 bits per heavy atom. The molecule has 2 aromatic rings. The Hall–Kier alpha value is -1.98. The van der Waals surface area contributed by atoms with Crippen molar-refractivity contribution in [2.24, 2.45) is 10.8 Å². The molecule has 6 heteroatoms. The zero-order valence-electron chi connectivity index (χ0n) is 14.7. The van der Waals surface area contributed by atoms with Crippen molar-refractivity contribution in [2.45, 2.75) is 26.2 Å². The maximum Gasteiger partial charge on any atom is 0.326 e. The van der Waals surface area contributed by atoms with Crippen LogP contribution in [0.25, 0.3) is 0 Å². The standard InChI is InChI=1S/C21H16BrClO4/c1-3-20(18(25)12-4-7-14(23)8-5-12)17-15-10-13(22)6-9-16(15)27-19(26)21(17,20)11(2)24/h4-10,17H,3H2,1-2H3/t17-,20-,21+/m1/s1. The first kappa shape index (κ1) is 18.4. The van der Waals surface area contributed by atoms with Gasteiger partial charge in [-0.1, -0.05) is 34.5 Å². The molecule has 0 unspecified atom stereocenters. The van der Waals surface area contributed by atoms with Crippen LogP contribution in [0.2, 0.25) is 5.02 Å². The normalized spacial score (nSPS) is 28.0. The number of esters is 1. The van der Waals surface area contributed by atoms with Crippen molar-refractivity contribution in [3.8, 4) is 5.75 Å². The highest BCUT2D eigenvalue weighted by Gasteiger charge is 2.87. The molecule has 0 amide bonds. The number of Topliss-reactive ketones (excluding diaryl/α,β-unsaturated/α-hetero) is 2. The van der Waals surface area contributed by atoms with Gasteiger partial charge in [-0.25, -0.2) is 0 Å². The SMILES string of the molecule is CC[C@]1(C(=O)c2ccc(Cl)cc2)[C@H]2c3cc(Br)ccc3OC(=O)[C@]21C(C)=O. The molecule has 1 aliphatic carbocycles. The van der Waals surface area contributed by atoms with E-state index in [1.165, 1.54) is 6.92 Å². The highest BCUT2D eigenvalue weighted by atomic mass is 79.9. The number of carbonyl (C=O) groups excluding carboxylic acids is 3. The summed E-state index contributed by atoms with van der Waals surface area (Å²) in [5, 5.41) is 0.514. The number of benzene rings is 2. The molecular weight excluding hydrogens is 432 g/mol. The average molecular weight is 448 g/mol. The van der Waals surface area contributed by atoms with Gasteiger partial charge in [-0.15, -0.1) is 0 Å². The first-order valence-electron chi connectivity index (χ1n) is 8.63. The molecule has 0 N–H and O–H groups in total. The topological polar surface area (TPSA) is 60.4 Å². The highest BCUT2D eigenvalue weighted by Crippen LogP contribution is 2.80. The molecule has 1 saturated carbocycles. The van der Waals surface area contributed by atoms with Crippen molar-refractivity contribution >= 4 is 45.1 Å². The Labute approximate surface area is 170 Å². The van der Waals surface area contributed by atoms with Crippen molar-refractivity contribution in [2.75, 3.05) is 0 Å². The van der Waals surface area contributed by atoms with Gasteiger partial charge in [0.25, 0.3) is 0 Å². The summed E-state index contributed by atoms with van der Waals surface area (Å²) in [4.78, 5) is 39.3. The third-order valence-electron chi connectivity index (χ3n) is 5.98. The van der Waals surface area contributed by atoms with E-state index >= 15 is 0 Å². The summed E-state index contributed by atoms with van der Waals surface area (Å²) in [6.45, 7) is 3.20. The fraction of sp³-hybridized carbons (Fsp3) is 0.286. The van der Waals surface area contributed by atoms with Gasteiger partial charge in [0.2, 0.25) is 0 Å². The van der Waals surface area contributed by atoms with E-state index < -0.39 is 22.7 Å². The minimum atomic E-state index is -1.48. The van der Waals surface area contributed by atoms with Crippen LogP contribution < -0.4 is 4.74 Å². The van der Waals surface area contributed by atoms with Crippen LogP contribution in [0.15, 0.2) is 46.9 Å². The van der Waals surface area contributed by atoms with E-state index in [1.54, 1.807) is 36.4 Å². The summed E-state index contributed by atoms with van der Waals surface area (Å²) in [5.74, 6) is -1.34. The molecule has 27 heavy (non-hydrogen) atoms. The van der Waals surface area contributed by atoms with Crippen molar-refractivity contribution in [1.82, 2.24) is 0 Å². The fourth-order valence-electron chi connectivity index (χ4n) is 4.83. The zero-order valence-corrected chi connectivity index (χ0v) is 17.1. The molecule has 138 valence electrons. The molecular formula is C21H16BrClO4. The van der Waals surface area contributed by atoms with Crippen LogP contribution in [0.1, 0.15) is 42.1 Å². The molecule has 3 atom stereocenters. The second-order valence-electron chi connectivity index (χ2n) is 7.03. The number of hydrogen-bond donors (Lipinski definition) is 0. The lowest BCUT2D eigenvalue weighted by molar-refractivity contribution is -0.148. The molecule has 0 aromatic heterocycles. The lowest BCUT2D eigenvalue weighted by Gasteiger charge is -2.22.